The van der Waals surface area contributed by atoms with E-state index < -0.39 is 12.7 Å². The maximum absolute atomic E-state index is 8.58. The first kappa shape index (κ1) is 14.5. The standard InChI is InChI=1S/C27H31N2/c1-17(2)20-10-13-29(5)25(15-20)22-16-24-23(14-18(22)3)21-9-8-19(4)28-26(21)27(24)11-6-7-12-27/h8-10,13-17H,6-7,11-12H2,1-5H3/q+1/i1D3,17D. The molecule has 1 spiro atoms. The van der Waals surface area contributed by atoms with Crippen molar-refractivity contribution in [2.45, 2.75) is 64.6 Å². The molecule has 1 atom stereocenters. The highest BCUT2D eigenvalue weighted by Crippen LogP contribution is 2.57. The SMILES string of the molecule is [2H]C([2H])([2H])C([2H])(C)c1cc[n+](C)c(-c2cc3c(cc2C)-c2ccc(C)nc2C32CCCC2)c1. The molecular weight excluding hydrogens is 352 g/mol. The lowest BCUT2D eigenvalue weighted by molar-refractivity contribution is -0.660. The van der Waals surface area contributed by atoms with Crippen LogP contribution in [0.5, 0.6) is 0 Å². The largest absolute Gasteiger partial charge is 0.257 e. The molecular formula is C27H31N2+. The topological polar surface area (TPSA) is 16.8 Å². The van der Waals surface area contributed by atoms with Crippen molar-refractivity contribution in [3.05, 3.63) is 70.7 Å². The maximum Gasteiger partial charge on any atom is 0.212 e. The highest BCUT2D eigenvalue weighted by atomic mass is 14.9. The van der Waals surface area contributed by atoms with Gasteiger partial charge in [0, 0.05) is 39.9 Å². The molecule has 0 amide bonds. The van der Waals surface area contributed by atoms with Crippen LogP contribution in [0.1, 0.15) is 78.9 Å². The fourth-order valence-corrected chi connectivity index (χ4v) is 5.42. The number of aryl methyl sites for hydroxylation is 3. The molecule has 2 heteroatoms. The number of hydrogen-bond donors (Lipinski definition) is 0. The number of nitrogens with zero attached hydrogens (tertiary/aromatic N) is 2. The molecule has 0 saturated heterocycles. The molecule has 2 aliphatic rings. The van der Waals surface area contributed by atoms with E-state index in [0.29, 0.717) is 5.56 Å². The zero-order chi connectivity index (χ0) is 23.8. The lowest BCUT2D eigenvalue weighted by Crippen LogP contribution is -2.31. The zero-order valence-corrected chi connectivity index (χ0v) is 17.8. The van der Waals surface area contributed by atoms with Gasteiger partial charge in [-0.2, -0.15) is 0 Å². The molecule has 0 bridgehead atoms. The van der Waals surface area contributed by atoms with E-state index in [-0.39, 0.29) is 5.41 Å². The Morgan fingerprint density at radius 1 is 1.07 bits per heavy atom. The van der Waals surface area contributed by atoms with Gasteiger partial charge in [-0.25, -0.2) is 4.57 Å². The van der Waals surface area contributed by atoms with E-state index in [1.165, 1.54) is 42.1 Å². The van der Waals surface area contributed by atoms with Crippen LogP contribution in [0.2, 0.25) is 0 Å². The highest BCUT2D eigenvalue weighted by Gasteiger charge is 2.46. The minimum Gasteiger partial charge on any atom is -0.257 e. The Labute approximate surface area is 180 Å². The summed E-state index contributed by atoms with van der Waals surface area (Å²) in [5.41, 5.74) is 9.82. The van der Waals surface area contributed by atoms with Crippen molar-refractivity contribution in [1.29, 1.82) is 0 Å². The molecule has 2 aliphatic carbocycles. The Balaban J connectivity index is 1.72. The van der Waals surface area contributed by atoms with Crippen molar-refractivity contribution in [2.75, 3.05) is 0 Å². The first-order chi connectivity index (χ1) is 15.5. The number of rotatable bonds is 2. The Morgan fingerprint density at radius 2 is 1.86 bits per heavy atom. The van der Waals surface area contributed by atoms with Gasteiger partial charge in [-0.3, -0.25) is 4.98 Å². The maximum atomic E-state index is 8.58. The van der Waals surface area contributed by atoms with Gasteiger partial charge < -0.3 is 0 Å². The summed E-state index contributed by atoms with van der Waals surface area (Å²) < 4.78 is 34.2. The quantitative estimate of drug-likeness (QED) is 0.482. The fourth-order valence-electron chi connectivity index (χ4n) is 5.42. The van der Waals surface area contributed by atoms with Gasteiger partial charge in [0.05, 0.1) is 5.69 Å². The molecule has 0 aliphatic heterocycles. The first-order valence-electron chi connectivity index (χ1n) is 12.6. The van der Waals surface area contributed by atoms with Crippen molar-refractivity contribution in [3.8, 4) is 22.4 Å². The Kier molecular flexibility index (Phi) is 3.26. The van der Waals surface area contributed by atoms with E-state index in [9.17, 15) is 0 Å². The van der Waals surface area contributed by atoms with Gasteiger partial charge in [-0.1, -0.05) is 38.8 Å². The summed E-state index contributed by atoms with van der Waals surface area (Å²) in [4.78, 5) is 5.03. The van der Waals surface area contributed by atoms with Crippen molar-refractivity contribution < 1.29 is 10.1 Å². The molecule has 5 rings (SSSR count). The number of fused-ring (bicyclic) bond motifs is 5. The monoisotopic (exact) mass is 387 g/mol. The molecule has 1 saturated carbocycles. The van der Waals surface area contributed by atoms with Gasteiger partial charge in [0.25, 0.3) is 0 Å². The summed E-state index contributed by atoms with van der Waals surface area (Å²) in [6, 6.07) is 12.6. The van der Waals surface area contributed by atoms with Crippen LogP contribution in [0.3, 0.4) is 0 Å². The Hall–Kier alpha value is -2.48. The number of pyridine rings is 2. The number of aromatic nitrogens is 2. The number of hydrogen-bond acceptors (Lipinski definition) is 1. The summed E-state index contributed by atoms with van der Waals surface area (Å²) >= 11 is 0. The molecule has 1 aromatic carbocycles. The molecule has 2 heterocycles. The molecule has 0 radical (unpaired) electrons. The van der Waals surface area contributed by atoms with E-state index in [2.05, 4.69) is 38.1 Å². The van der Waals surface area contributed by atoms with Gasteiger partial charge in [-0.05, 0) is 67.0 Å². The van der Waals surface area contributed by atoms with Crippen LogP contribution >= 0.6 is 0 Å². The van der Waals surface area contributed by atoms with Crippen molar-refractivity contribution in [1.82, 2.24) is 4.98 Å². The van der Waals surface area contributed by atoms with Crippen LogP contribution in [-0.2, 0) is 12.5 Å². The minimum atomic E-state index is -2.41. The molecule has 3 aromatic rings. The third-order valence-electron chi connectivity index (χ3n) is 6.97. The second-order valence-corrected chi connectivity index (χ2v) is 8.89. The lowest BCUT2D eigenvalue weighted by atomic mass is 9.78. The van der Waals surface area contributed by atoms with Crippen LogP contribution in [0, 0.1) is 13.8 Å². The molecule has 148 valence electrons. The van der Waals surface area contributed by atoms with Crippen molar-refractivity contribution >= 4 is 0 Å². The van der Waals surface area contributed by atoms with Crippen LogP contribution in [0.25, 0.3) is 22.4 Å². The van der Waals surface area contributed by atoms with E-state index in [1.54, 1.807) is 6.07 Å². The summed E-state index contributed by atoms with van der Waals surface area (Å²) in [7, 11) is 1.98. The third-order valence-corrected chi connectivity index (χ3v) is 6.97. The van der Waals surface area contributed by atoms with Gasteiger partial charge in [-0.15, -0.1) is 0 Å². The minimum absolute atomic E-state index is 0.0298. The van der Waals surface area contributed by atoms with E-state index in [4.69, 9.17) is 10.5 Å². The zero-order valence-electron chi connectivity index (χ0n) is 21.8. The van der Waals surface area contributed by atoms with Crippen molar-refractivity contribution in [3.63, 3.8) is 0 Å². The third kappa shape index (κ3) is 2.68. The van der Waals surface area contributed by atoms with Crippen LogP contribution in [0.4, 0.5) is 0 Å². The van der Waals surface area contributed by atoms with E-state index in [1.807, 2.05) is 23.9 Å². The second kappa shape index (κ2) is 6.52. The van der Waals surface area contributed by atoms with E-state index >= 15 is 0 Å². The Morgan fingerprint density at radius 3 is 2.62 bits per heavy atom. The molecule has 2 nitrogen and oxygen atoms in total. The summed E-state index contributed by atoms with van der Waals surface area (Å²) in [5, 5.41) is 0. The summed E-state index contributed by atoms with van der Waals surface area (Å²) in [5.74, 6) is -1.68. The predicted octanol–water partition coefficient (Wildman–Crippen LogP) is 6.15. The lowest BCUT2D eigenvalue weighted by Gasteiger charge is -2.26. The molecule has 1 unspecified atom stereocenters. The highest BCUT2D eigenvalue weighted by molar-refractivity contribution is 5.83. The first-order valence-corrected chi connectivity index (χ1v) is 10.6. The van der Waals surface area contributed by atoms with Gasteiger partial charge in [0.15, 0.2) is 6.20 Å². The normalized spacial score (nSPS) is 21.0. The molecule has 2 aromatic heterocycles. The molecule has 0 N–H and O–H groups in total. The van der Waals surface area contributed by atoms with E-state index in [0.717, 1.165) is 35.4 Å². The average molecular weight is 388 g/mol. The molecule has 29 heavy (non-hydrogen) atoms. The van der Waals surface area contributed by atoms with Crippen LogP contribution < -0.4 is 4.57 Å². The van der Waals surface area contributed by atoms with Gasteiger partial charge >= 0.3 is 0 Å². The number of benzene rings is 1. The molecule has 1 fully saturated rings. The van der Waals surface area contributed by atoms with Gasteiger partial charge in [0.2, 0.25) is 5.69 Å². The second-order valence-electron chi connectivity index (χ2n) is 8.89. The van der Waals surface area contributed by atoms with Crippen LogP contribution in [0.15, 0.2) is 42.6 Å². The predicted molar refractivity (Wildman–Crippen MR) is 119 cm³/mol. The van der Waals surface area contributed by atoms with Crippen LogP contribution in [-0.4, -0.2) is 4.98 Å². The Bertz CT molecular complexity index is 1270. The van der Waals surface area contributed by atoms with Crippen molar-refractivity contribution in [2.24, 2.45) is 7.05 Å². The smallest absolute Gasteiger partial charge is 0.212 e. The fraction of sp³-hybridized carbons (Fsp3) is 0.407. The van der Waals surface area contributed by atoms with Gasteiger partial charge in [0.1, 0.15) is 7.05 Å². The average Bonchev–Trinajstić information content (AvgIpc) is 3.32. The summed E-state index contributed by atoms with van der Waals surface area (Å²) in [6.45, 7) is 3.26. The summed E-state index contributed by atoms with van der Waals surface area (Å²) in [6.07, 6.45) is 6.51.